The fraction of sp³-hybridized carbons (Fsp3) is 0.184. The maximum atomic E-state index is 13.1. The number of aryl methyl sites for hydroxylation is 1. The molecule has 4 aromatic carbocycles. The van der Waals surface area contributed by atoms with E-state index in [1.54, 1.807) is 54.6 Å². The van der Waals surface area contributed by atoms with Crippen molar-refractivity contribution < 1.29 is 64.9 Å². The summed E-state index contributed by atoms with van der Waals surface area (Å²) in [4.78, 5) is 79.7. The van der Waals surface area contributed by atoms with E-state index in [0.717, 1.165) is 31.6 Å². The first-order chi connectivity index (χ1) is 35.1. The van der Waals surface area contributed by atoms with E-state index in [-0.39, 0.29) is 52.6 Å². The molecule has 384 valence electrons. The summed E-state index contributed by atoms with van der Waals surface area (Å²) < 4.78 is 72.6. The number of aromatic amines is 1. The monoisotopic (exact) mass is 1070 g/mol. The summed E-state index contributed by atoms with van der Waals surface area (Å²) in [5.74, 6) is -2.03. The molecule has 5 heterocycles. The number of thioether (sulfide) groups is 1. The second-order valence-electron chi connectivity index (χ2n) is 16.1. The fourth-order valence-electron chi connectivity index (χ4n) is 7.31. The van der Waals surface area contributed by atoms with Gasteiger partial charge in [-0.15, -0.1) is 23.1 Å². The number of ether oxygens (including phenoxy) is 2. The van der Waals surface area contributed by atoms with Gasteiger partial charge in [0.1, 0.15) is 23.7 Å². The average Bonchev–Trinajstić information content (AvgIpc) is 4.16. The van der Waals surface area contributed by atoms with Crippen molar-refractivity contribution >= 4 is 85.7 Å². The van der Waals surface area contributed by atoms with Gasteiger partial charge in [-0.25, -0.2) is 32.8 Å². The third kappa shape index (κ3) is 12.9. The highest BCUT2D eigenvalue weighted by molar-refractivity contribution is 8.00. The number of fused-ring (bicyclic) bond motifs is 2. The Morgan fingerprint density at radius 3 is 2.24 bits per heavy atom. The first-order valence-electron chi connectivity index (χ1n) is 21.8. The Balaban J connectivity index is 0.000000163. The Kier molecular flexibility index (Phi) is 16.5. The van der Waals surface area contributed by atoms with E-state index in [4.69, 9.17) is 9.88 Å². The van der Waals surface area contributed by atoms with Crippen LogP contribution in [0.1, 0.15) is 39.0 Å². The van der Waals surface area contributed by atoms with Crippen LogP contribution in [0.5, 0.6) is 0 Å². The number of H-pyrrole nitrogens is 1. The fourth-order valence-corrected chi connectivity index (χ4v) is 9.86. The van der Waals surface area contributed by atoms with E-state index in [2.05, 4.69) is 30.4 Å². The van der Waals surface area contributed by atoms with Gasteiger partial charge in [0, 0.05) is 39.8 Å². The number of thiophene rings is 1. The number of nitrogens with zero attached hydrogens (tertiary/aromatic N) is 4. The summed E-state index contributed by atoms with van der Waals surface area (Å²) in [6.07, 6.45) is -5.04. The second-order valence-corrected chi connectivity index (χ2v) is 19.8. The number of benzene rings is 4. The number of imidazole rings is 1. The number of carbonyl (C=O) groups is 6. The number of primary sulfonamides is 1. The van der Waals surface area contributed by atoms with Crippen molar-refractivity contribution in [2.75, 3.05) is 24.8 Å². The van der Waals surface area contributed by atoms with Crippen molar-refractivity contribution in [3.05, 3.63) is 159 Å². The second kappa shape index (κ2) is 22.7. The highest BCUT2D eigenvalue weighted by Gasteiger charge is 2.54. The van der Waals surface area contributed by atoms with Gasteiger partial charge in [-0.1, -0.05) is 66.2 Å². The lowest BCUT2D eigenvalue weighted by atomic mass is 10.0. The number of carboxylic acid groups (broad SMARTS) is 1. The van der Waals surface area contributed by atoms with Gasteiger partial charge < -0.3 is 24.9 Å². The van der Waals surface area contributed by atoms with Crippen LogP contribution >= 0.6 is 23.1 Å². The molecule has 3 aromatic heterocycles. The third-order valence-corrected chi connectivity index (χ3v) is 14.0. The van der Waals surface area contributed by atoms with Crippen molar-refractivity contribution in [3.63, 3.8) is 0 Å². The average molecular weight is 1070 g/mol. The van der Waals surface area contributed by atoms with Gasteiger partial charge >= 0.3 is 24.2 Å². The molecule has 0 spiro atoms. The SMILES string of the molecule is CC(=O)OCC1=C(C(=O)O)N2C(=O)[C@@H](NC(=O)Cc3cccs3)[C@H]2SC1.COC(=O)Nc1nc2cc(C(=O)c3ccccc3)ccc2[nH]1.Cc1ccc(-c2cc(C(F)(F)F)nn2-c2ccc(S(N)(=O)=O)cc2)cc1. The van der Waals surface area contributed by atoms with Gasteiger partial charge in [0.2, 0.25) is 21.9 Å². The number of rotatable bonds is 12. The van der Waals surface area contributed by atoms with Crippen molar-refractivity contribution in [1.82, 2.24) is 30.0 Å². The number of nitrogens with two attached hydrogens (primary N) is 1. The number of ketones is 1. The highest BCUT2D eigenvalue weighted by Crippen LogP contribution is 2.40. The van der Waals surface area contributed by atoms with Gasteiger partial charge in [-0.2, -0.15) is 18.3 Å². The van der Waals surface area contributed by atoms with Crippen LogP contribution in [0.4, 0.5) is 23.9 Å². The molecule has 0 radical (unpaired) electrons. The van der Waals surface area contributed by atoms with Crippen molar-refractivity contribution in [2.45, 2.75) is 42.8 Å². The Hall–Kier alpha value is -8.13. The minimum atomic E-state index is -4.61. The molecule has 0 bridgehead atoms. The van der Waals surface area contributed by atoms with E-state index in [1.807, 2.05) is 42.6 Å². The topological polar surface area (TPSA) is 275 Å². The van der Waals surface area contributed by atoms with Crippen LogP contribution in [0.2, 0.25) is 0 Å². The highest BCUT2D eigenvalue weighted by atomic mass is 32.2. The number of aliphatic carboxylic acids is 1. The number of esters is 1. The summed E-state index contributed by atoms with van der Waals surface area (Å²) in [7, 11) is -2.62. The molecule has 0 saturated carbocycles. The maximum absolute atomic E-state index is 13.1. The molecule has 19 nitrogen and oxygen atoms in total. The Labute approximate surface area is 427 Å². The smallest absolute Gasteiger partial charge is 0.435 e. The molecule has 1 saturated heterocycles. The molecule has 74 heavy (non-hydrogen) atoms. The molecule has 2 aliphatic heterocycles. The molecule has 6 N–H and O–H groups in total. The lowest BCUT2D eigenvalue weighted by Gasteiger charge is -2.49. The number of carboxylic acids is 1. The third-order valence-electron chi connectivity index (χ3n) is 10.9. The zero-order valence-electron chi connectivity index (χ0n) is 39.1. The molecule has 9 rings (SSSR count). The first-order valence-corrected chi connectivity index (χ1v) is 25.3. The molecular formula is C49H43F3N8O11S3. The number of carbonyl (C=O) groups excluding carboxylic acids is 5. The minimum Gasteiger partial charge on any atom is -0.477 e. The molecule has 25 heteroatoms. The van der Waals surface area contributed by atoms with Crippen molar-refractivity contribution in [2.24, 2.45) is 5.14 Å². The van der Waals surface area contributed by atoms with E-state index in [9.17, 15) is 55.5 Å². The standard InChI is InChI=1S/C17H14F3N3O2S.C16H13N3O3.C16H16N2O6S2/c1-11-2-4-12(5-3-11)15-10-16(17(18,19)20)22-23(15)13-6-8-14(9-7-13)26(21,24)25;1-22-16(21)19-15-17-12-8-7-11(9-13(12)18-15)14(20)10-5-3-2-4-6-10;1-8(19)24-6-9-7-26-15-12(14(21)18(15)13(9)16(22)23)17-11(20)5-10-3-2-4-25-10/h2-10H,1H3,(H2,21,24,25);2-9H,1H3,(H2,17,18,19,21);2-4,12,15H,5-7H2,1H3,(H,17,20)(H,22,23)/t;;12-,15-/m..1/s1. The van der Waals surface area contributed by atoms with Crippen LogP contribution < -0.4 is 15.8 Å². The molecule has 2 atom stereocenters. The molecule has 0 aliphatic carbocycles. The number of amides is 3. The Morgan fingerprint density at radius 1 is 0.932 bits per heavy atom. The number of sulfonamides is 1. The van der Waals surface area contributed by atoms with Gasteiger partial charge in [-0.3, -0.25) is 29.4 Å². The quantitative estimate of drug-likeness (QED) is 0.0465. The maximum Gasteiger partial charge on any atom is 0.435 e. The van der Waals surface area contributed by atoms with Gasteiger partial charge in [-0.05, 0) is 66.9 Å². The van der Waals surface area contributed by atoms with Crippen LogP contribution in [0.3, 0.4) is 0 Å². The van der Waals surface area contributed by atoms with E-state index < -0.39 is 57.2 Å². The number of methoxy groups -OCH3 is 1. The number of hydrogen-bond donors (Lipinski definition) is 5. The molecule has 2 aliphatic rings. The molecule has 3 amide bonds. The molecule has 7 aromatic rings. The van der Waals surface area contributed by atoms with E-state index in [1.165, 1.54) is 61.4 Å². The lowest BCUT2D eigenvalue weighted by Crippen LogP contribution is -2.70. The number of alkyl halides is 3. The largest absolute Gasteiger partial charge is 0.477 e. The number of aromatic nitrogens is 4. The van der Waals surface area contributed by atoms with Crippen LogP contribution in [0.25, 0.3) is 28.0 Å². The normalized spacial score (nSPS) is 15.1. The number of nitrogens with one attached hydrogen (secondary N) is 3. The Morgan fingerprint density at radius 2 is 1.64 bits per heavy atom. The molecule has 1 fully saturated rings. The van der Waals surface area contributed by atoms with Crippen LogP contribution in [-0.4, -0.2) is 105 Å². The lowest BCUT2D eigenvalue weighted by molar-refractivity contribution is -0.151. The van der Waals surface area contributed by atoms with Crippen molar-refractivity contribution in [1.29, 1.82) is 0 Å². The van der Waals surface area contributed by atoms with Gasteiger partial charge in [0.05, 0.1) is 40.8 Å². The molecule has 0 unspecified atom stereocenters. The van der Waals surface area contributed by atoms with E-state index >= 15 is 0 Å². The van der Waals surface area contributed by atoms with Gasteiger partial charge in [0.15, 0.2) is 11.5 Å². The summed E-state index contributed by atoms with van der Waals surface area (Å²) in [6, 6.07) is 30.2. The summed E-state index contributed by atoms with van der Waals surface area (Å²) in [5.41, 5.74) is 3.66. The van der Waals surface area contributed by atoms with E-state index in [0.29, 0.717) is 33.5 Å². The minimum absolute atomic E-state index is 0.0759. The van der Waals surface area contributed by atoms with Crippen LogP contribution in [0.15, 0.2) is 137 Å². The number of hydrogen-bond acceptors (Lipinski definition) is 14. The summed E-state index contributed by atoms with van der Waals surface area (Å²) in [5, 5.41) is 24.7. The Bertz CT molecular complexity index is 3380. The van der Waals surface area contributed by atoms with Crippen molar-refractivity contribution in [3.8, 4) is 16.9 Å². The number of halogens is 3. The molecular weight excluding hydrogens is 1030 g/mol. The first kappa shape index (κ1) is 53.7. The van der Waals surface area contributed by atoms with Crippen LogP contribution in [-0.2, 0) is 51.3 Å². The zero-order valence-corrected chi connectivity index (χ0v) is 41.5. The number of anilines is 1. The summed E-state index contributed by atoms with van der Waals surface area (Å²) >= 11 is 2.79. The predicted octanol–water partition coefficient (Wildman–Crippen LogP) is 7.08. The zero-order chi connectivity index (χ0) is 53.5. The number of β-lactam (4-membered cyclic amide) rings is 1. The predicted molar refractivity (Wildman–Crippen MR) is 266 cm³/mol. The van der Waals surface area contributed by atoms with Gasteiger partial charge in [0.25, 0.3) is 5.91 Å². The summed E-state index contributed by atoms with van der Waals surface area (Å²) in [6.45, 7) is 2.93. The van der Waals surface area contributed by atoms with Crippen LogP contribution in [0, 0.1) is 6.92 Å².